The van der Waals surface area contributed by atoms with Gasteiger partial charge in [0.05, 0.1) is 23.3 Å². The summed E-state index contributed by atoms with van der Waals surface area (Å²) in [7, 11) is 0. The summed E-state index contributed by atoms with van der Waals surface area (Å²) in [5.74, 6) is 1.28. The number of carbonyl (C=O) groups is 2. The van der Waals surface area contributed by atoms with E-state index >= 15 is 0 Å². The normalized spacial score (nSPS) is 11.7. The standard InChI is InChI=1S/C33H40Cl2N2O4/c1-5-40-30-16-13-25(20-31(30)41-6-2)14-17-32(38)37(22-26-12-15-27(34)28(35)18-26)29(33(39)36-21-23(3)4)19-24-10-8-7-9-11-24/h7-13,15-16,18,20,23,29H,5-6,14,17,19,21-22H2,1-4H3,(H,36,39)/t29-/m0/s1. The maximum Gasteiger partial charge on any atom is 0.243 e. The van der Waals surface area contributed by atoms with Gasteiger partial charge in [-0.3, -0.25) is 9.59 Å². The first-order chi connectivity index (χ1) is 19.7. The first kappa shape index (κ1) is 32.3. The molecule has 0 radical (unpaired) electrons. The molecule has 41 heavy (non-hydrogen) atoms. The van der Waals surface area contributed by atoms with Gasteiger partial charge in [-0.1, -0.05) is 79.5 Å². The molecule has 0 aliphatic rings. The van der Waals surface area contributed by atoms with Gasteiger partial charge >= 0.3 is 0 Å². The van der Waals surface area contributed by atoms with Gasteiger partial charge in [-0.2, -0.15) is 0 Å². The summed E-state index contributed by atoms with van der Waals surface area (Å²) in [6.45, 7) is 9.70. The van der Waals surface area contributed by atoms with Crippen molar-refractivity contribution in [2.45, 2.75) is 59.5 Å². The van der Waals surface area contributed by atoms with Crippen molar-refractivity contribution in [2.75, 3.05) is 19.8 Å². The van der Waals surface area contributed by atoms with E-state index in [0.717, 1.165) is 16.7 Å². The van der Waals surface area contributed by atoms with E-state index in [0.29, 0.717) is 54.1 Å². The van der Waals surface area contributed by atoms with Crippen LogP contribution in [0, 0.1) is 5.92 Å². The summed E-state index contributed by atoms with van der Waals surface area (Å²) in [6.07, 6.45) is 1.08. The van der Waals surface area contributed by atoms with Crippen molar-refractivity contribution >= 4 is 35.0 Å². The predicted molar refractivity (Wildman–Crippen MR) is 166 cm³/mol. The first-order valence-electron chi connectivity index (χ1n) is 14.1. The second kappa shape index (κ2) is 16.3. The Morgan fingerprint density at radius 3 is 2.17 bits per heavy atom. The molecular formula is C33H40Cl2N2O4. The van der Waals surface area contributed by atoms with Gasteiger partial charge in [-0.25, -0.2) is 0 Å². The Bertz CT molecular complexity index is 1280. The minimum absolute atomic E-state index is 0.136. The molecule has 0 saturated heterocycles. The molecule has 220 valence electrons. The van der Waals surface area contributed by atoms with E-state index in [1.54, 1.807) is 17.0 Å². The number of halogens is 2. The van der Waals surface area contributed by atoms with Gasteiger partial charge in [0.2, 0.25) is 11.8 Å². The zero-order valence-corrected chi connectivity index (χ0v) is 25.8. The van der Waals surface area contributed by atoms with E-state index in [-0.39, 0.29) is 30.7 Å². The minimum atomic E-state index is -0.711. The van der Waals surface area contributed by atoms with Crippen molar-refractivity contribution in [3.8, 4) is 11.5 Å². The molecule has 0 bridgehead atoms. The molecule has 0 heterocycles. The Balaban J connectivity index is 1.92. The number of rotatable bonds is 15. The number of benzene rings is 3. The molecule has 0 saturated carbocycles. The van der Waals surface area contributed by atoms with Crippen LogP contribution in [0.15, 0.2) is 66.7 Å². The molecule has 0 fully saturated rings. The smallest absolute Gasteiger partial charge is 0.243 e. The zero-order chi connectivity index (χ0) is 29.8. The summed E-state index contributed by atoms with van der Waals surface area (Å²) >= 11 is 12.5. The Hall–Kier alpha value is -3.22. The SMILES string of the molecule is CCOc1ccc(CCC(=O)N(Cc2ccc(Cl)c(Cl)c2)[C@@H](Cc2ccccc2)C(=O)NCC(C)C)cc1OCC. The molecule has 0 aliphatic heterocycles. The van der Waals surface area contributed by atoms with Gasteiger partial charge in [-0.05, 0) is 67.1 Å². The van der Waals surface area contributed by atoms with Crippen molar-refractivity contribution in [2.24, 2.45) is 5.92 Å². The van der Waals surface area contributed by atoms with Crippen LogP contribution in [0.3, 0.4) is 0 Å². The van der Waals surface area contributed by atoms with Crippen LogP contribution >= 0.6 is 23.2 Å². The topological polar surface area (TPSA) is 67.9 Å². The third kappa shape index (κ3) is 9.98. The molecular weight excluding hydrogens is 559 g/mol. The van der Waals surface area contributed by atoms with Crippen LogP contribution in [0.25, 0.3) is 0 Å². The third-order valence-electron chi connectivity index (χ3n) is 6.53. The fourth-order valence-electron chi connectivity index (χ4n) is 4.46. The molecule has 3 aromatic carbocycles. The molecule has 0 aromatic heterocycles. The third-order valence-corrected chi connectivity index (χ3v) is 7.27. The molecule has 6 nitrogen and oxygen atoms in total. The zero-order valence-electron chi connectivity index (χ0n) is 24.3. The number of hydrogen-bond acceptors (Lipinski definition) is 4. The number of amides is 2. The van der Waals surface area contributed by atoms with Gasteiger partial charge < -0.3 is 19.7 Å². The van der Waals surface area contributed by atoms with Gasteiger partial charge in [0.1, 0.15) is 6.04 Å². The van der Waals surface area contributed by atoms with Crippen molar-refractivity contribution in [3.63, 3.8) is 0 Å². The quantitative estimate of drug-likeness (QED) is 0.202. The molecule has 0 unspecified atom stereocenters. The second-order valence-corrected chi connectivity index (χ2v) is 11.1. The highest BCUT2D eigenvalue weighted by Crippen LogP contribution is 2.29. The summed E-state index contributed by atoms with van der Waals surface area (Å²) in [6, 6.07) is 20.1. The van der Waals surface area contributed by atoms with Gasteiger partial charge in [0, 0.05) is 25.9 Å². The summed E-state index contributed by atoms with van der Waals surface area (Å²) < 4.78 is 11.5. The van der Waals surface area contributed by atoms with Crippen LogP contribution in [-0.2, 0) is 29.0 Å². The lowest BCUT2D eigenvalue weighted by molar-refractivity contribution is -0.141. The number of hydrogen-bond donors (Lipinski definition) is 1. The Labute approximate surface area is 253 Å². The van der Waals surface area contributed by atoms with E-state index in [1.165, 1.54) is 0 Å². The Morgan fingerprint density at radius 1 is 0.829 bits per heavy atom. The van der Waals surface area contributed by atoms with Crippen molar-refractivity contribution in [1.82, 2.24) is 10.2 Å². The molecule has 1 atom stereocenters. The first-order valence-corrected chi connectivity index (χ1v) is 14.9. The van der Waals surface area contributed by atoms with Gasteiger partial charge in [0.15, 0.2) is 11.5 Å². The Morgan fingerprint density at radius 2 is 1.51 bits per heavy atom. The lowest BCUT2D eigenvalue weighted by Crippen LogP contribution is -2.51. The number of aryl methyl sites for hydroxylation is 1. The van der Waals surface area contributed by atoms with Crippen LogP contribution in [0.1, 0.15) is 50.8 Å². The molecule has 0 spiro atoms. The fourth-order valence-corrected chi connectivity index (χ4v) is 4.78. The number of nitrogens with zero attached hydrogens (tertiary/aromatic N) is 1. The lowest BCUT2D eigenvalue weighted by Gasteiger charge is -2.32. The highest BCUT2D eigenvalue weighted by atomic mass is 35.5. The number of nitrogens with one attached hydrogen (secondary N) is 1. The highest BCUT2D eigenvalue weighted by molar-refractivity contribution is 6.42. The largest absolute Gasteiger partial charge is 0.490 e. The monoisotopic (exact) mass is 598 g/mol. The van der Waals surface area contributed by atoms with E-state index in [1.807, 2.05) is 82.3 Å². The minimum Gasteiger partial charge on any atom is -0.490 e. The maximum absolute atomic E-state index is 14.0. The van der Waals surface area contributed by atoms with Crippen LogP contribution in [0.2, 0.25) is 10.0 Å². The second-order valence-electron chi connectivity index (χ2n) is 10.3. The molecule has 8 heteroatoms. The maximum atomic E-state index is 14.0. The molecule has 3 rings (SSSR count). The summed E-state index contributed by atoms with van der Waals surface area (Å²) in [4.78, 5) is 29.2. The summed E-state index contributed by atoms with van der Waals surface area (Å²) in [5.41, 5.74) is 2.71. The van der Waals surface area contributed by atoms with Crippen LogP contribution in [-0.4, -0.2) is 42.5 Å². The average molecular weight is 600 g/mol. The fraction of sp³-hybridized carbons (Fsp3) is 0.394. The van der Waals surface area contributed by atoms with E-state index < -0.39 is 6.04 Å². The summed E-state index contributed by atoms with van der Waals surface area (Å²) in [5, 5.41) is 3.88. The van der Waals surface area contributed by atoms with Crippen molar-refractivity contribution in [1.29, 1.82) is 0 Å². The molecule has 1 N–H and O–H groups in total. The van der Waals surface area contributed by atoms with Gasteiger partial charge in [0.25, 0.3) is 0 Å². The predicted octanol–water partition coefficient (Wildman–Crippen LogP) is 7.14. The number of carbonyl (C=O) groups excluding carboxylic acids is 2. The van der Waals surface area contributed by atoms with E-state index in [2.05, 4.69) is 5.32 Å². The van der Waals surface area contributed by atoms with Crippen LogP contribution in [0.4, 0.5) is 0 Å². The van der Waals surface area contributed by atoms with E-state index in [4.69, 9.17) is 32.7 Å². The number of ether oxygens (including phenoxy) is 2. The van der Waals surface area contributed by atoms with Crippen LogP contribution in [0.5, 0.6) is 11.5 Å². The molecule has 2 amide bonds. The molecule has 0 aliphatic carbocycles. The van der Waals surface area contributed by atoms with Crippen molar-refractivity contribution < 1.29 is 19.1 Å². The average Bonchev–Trinajstić information content (AvgIpc) is 2.96. The lowest BCUT2D eigenvalue weighted by atomic mass is 10.0. The van der Waals surface area contributed by atoms with Gasteiger partial charge in [-0.15, -0.1) is 0 Å². The van der Waals surface area contributed by atoms with Crippen molar-refractivity contribution in [3.05, 3.63) is 93.5 Å². The highest BCUT2D eigenvalue weighted by Gasteiger charge is 2.30. The van der Waals surface area contributed by atoms with E-state index in [9.17, 15) is 9.59 Å². The Kier molecular flexibility index (Phi) is 12.8. The molecule has 3 aromatic rings. The van der Waals surface area contributed by atoms with Crippen LogP contribution < -0.4 is 14.8 Å².